The molecule has 9 heteroatoms. The van der Waals surface area contributed by atoms with Gasteiger partial charge in [0, 0.05) is 5.69 Å². The van der Waals surface area contributed by atoms with E-state index in [1.807, 2.05) is 18.2 Å². The second kappa shape index (κ2) is 11.1. The predicted octanol–water partition coefficient (Wildman–Crippen LogP) is 6.89. The number of hydrogen-bond donors (Lipinski definition) is 1. The molecule has 3 amide bonds. The van der Waals surface area contributed by atoms with Gasteiger partial charge in [-0.3, -0.25) is 19.3 Å². The zero-order valence-electron chi connectivity index (χ0n) is 19.8. The third-order valence-electron chi connectivity index (χ3n) is 5.78. The summed E-state index contributed by atoms with van der Waals surface area (Å²) in [6.45, 7) is -0.0617. The van der Waals surface area contributed by atoms with Crippen LogP contribution in [0.25, 0.3) is 16.8 Å². The summed E-state index contributed by atoms with van der Waals surface area (Å²) in [5.41, 5.74) is 2.01. The monoisotopic (exact) mass is 546 g/mol. The number of anilines is 1. The maximum absolute atomic E-state index is 13.3. The first-order valence-electron chi connectivity index (χ1n) is 11.6. The average Bonchev–Trinajstić information content (AvgIpc) is 3.17. The first-order chi connectivity index (χ1) is 18.4. The van der Waals surface area contributed by atoms with Crippen molar-refractivity contribution in [2.45, 2.75) is 6.61 Å². The molecule has 1 fully saturated rings. The van der Waals surface area contributed by atoms with Gasteiger partial charge in [0.2, 0.25) is 5.91 Å². The van der Waals surface area contributed by atoms with E-state index >= 15 is 0 Å². The van der Waals surface area contributed by atoms with E-state index in [4.69, 9.17) is 16.3 Å². The van der Waals surface area contributed by atoms with E-state index in [9.17, 15) is 18.8 Å². The molecule has 0 bridgehead atoms. The van der Waals surface area contributed by atoms with Gasteiger partial charge in [-0.05, 0) is 76.1 Å². The van der Waals surface area contributed by atoms with Gasteiger partial charge in [0.1, 0.15) is 24.7 Å². The molecule has 1 aliphatic rings. The second-order valence-electron chi connectivity index (χ2n) is 8.48. The van der Waals surface area contributed by atoms with Crippen molar-refractivity contribution < 1.29 is 23.5 Å². The van der Waals surface area contributed by atoms with Crippen molar-refractivity contribution in [3.05, 3.63) is 112 Å². The van der Waals surface area contributed by atoms with E-state index in [1.165, 1.54) is 17.5 Å². The van der Waals surface area contributed by atoms with Crippen molar-refractivity contribution in [3.8, 4) is 5.75 Å². The fraction of sp³-hybridized carbons (Fsp3) is 0.0690. The third-order valence-corrected chi connectivity index (χ3v) is 6.97. The SMILES string of the molecule is O=C(CN1C(=O)S/C(=C\c2ccc(OCc3ccc4ccccc4c3)cc2)C1=O)Nc1ccc(F)c(Cl)c1. The number of hydrogen-bond acceptors (Lipinski definition) is 5. The molecular formula is C29H20ClFN2O4S. The van der Waals surface area contributed by atoms with Crippen LogP contribution in [0.15, 0.2) is 89.8 Å². The summed E-state index contributed by atoms with van der Waals surface area (Å²) in [7, 11) is 0. The number of halogens is 2. The Balaban J connectivity index is 1.19. The molecule has 38 heavy (non-hydrogen) atoms. The van der Waals surface area contributed by atoms with Gasteiger partial charge >= 0.3 is 0 Å². The second-order valence-corrected chi connectivity index (χ2v) is 9.88. The summed E-state index contributed by atoms with van der Waals surface area (Å²) in [5, 5.41) is 4.12. The van der Waals surface area contributed by atoms with E-state index in [0.717, 1.165) is 33.7 Å². The number of carbonyl (C=O) groups excluding carboxylic acids is 3. The number of imide groups is 1. The quantitative estimate of drug-likeness (QED) is 0.256. The lowest BCUT2D eigenvalue weighted by Gasteiger charge is -2.12. The number of rotatable bonds is 7. The Hall–Kier alpha value is -4.14. The number of benzene rings is 4. The van der Waals surface area contributed by atoms with Crippen LogP contribution in [0.5, 0.6) is 5.75 Å². The molecule has 1 heterocycles. The number of ether oxygens (including phenoxy) is 1. The fourth-order valence-electron chi connectivity index (χ4n) is 3.86. The summed E-state index contributed by atoms with van der Waals surface area (Å²) in [6, 6.07) is 25.2. The number of amides is 3. The molecular weight excluding hydrogens is 527 g/mol. The molecule has 5 rings (SSSR count). The Morgan fingerprint density at radius 1 is 0.974 bits per heavy atom. The van der Waals surface area contributed by atoms with Gasteiger partial charge in [-0.15, -0.1) is 0 Å². The molecule has 1 saturated heterocycles. The summed E-state index contributed by atoms with van der Waals surface area (Å²) in [6.07, 6.45) is 1.59. The minimum atomic E-state index is -0.620. The molecule has 6 nitrogen and oxygen atoms in total. The zero-order chi connectivity index (χ0) is 26.6. The highest BCUT2D eigenvalue weighted by atomic mass is 35.5. The highest BCUT2D eigenvalue weighted by Gasteiger charge is 2.36. The maximum Gasteiger partial charge on any atom is 0.294 e. The Morgan fingerprint density at radius 2 is 1.74 bits per heavy atom. The first kappa shape index (κ1) is 25.5. The standard InChI is InChI=1S/C29H20ClFN2O4S/c30-24-15-22(9-12-25(24)31)32-27(34)16-33-28(35)26(38-29(33)36)14-18-6-10-23(11-7-18)37-17-19-5-8-20-3-1-2-4-21(20)13-19/h1-15H,16-17H2,(H,32,34)/b26-14-. The minimum Gasteiger partial charge on any atom is -0.489 e. The number of nitrogens with zero attached hydrogens (tertiary/aromatic N) is 1. The highest BCUT2D eigenvalue weighted by Crippen LogP contribution is 2.32. The van der Waals surface area contributed by atoms with Crippen molar-refractivity contribution in [3.63, 3.8) is 0 Å². The van der Waals surface area contributed by atoms with E-state index in [0.29, 0.717) is 17.9 Å². The summed E-state index contributed by atoms with van der Waals surface area (Å²) in [4.78, 5) is 38.6. The highest BCUT2D eigenvalue weighted by molar-refractivity contribution is 8.18. The van der Waals surface area contributed by atoms with Crippen molar-refractivity contribution in [1.82, 2.24) is 4.90 Å². The molecule has 0 aromatic heterocycles. The van der Waals surface area contributed by atoms with Crippen LogP contribution in [0, 0.1) is 5.82 Å². The van der Waals surface area contributed by atoms with E-state index in [-0.39, 0.29) is 15.6 Å². The van der Waals surface area contributed by atoms with Crippen LogP contribution < -0.4 is 10.1 Å². The Morgan fingerprint density at radius 3 is 2.50 bits per heavy atom. The van der Waals surface area contributed by atoms with Gasteiger partial charge in [0.15, 0.2) is 0 Å². The van der Waals surface area contributed by atoms with Crippen LogP contribution in [0.3, 0.4) is 0 Å². The van der Waals surface area contributed by atoms with Gasteiger partial charge in [-0.2, -0.15) is 0 Å². The lowest BCUT2D eigenvalue weighted by Crippen LogP contribution is -2.36. The Kier molecular flexibility index (Phi) is 7.44. The van der Waals surface area contributed by atoms with Crippen molar-refractivity contribution in [2.75, 3.05) is 11.9 Å². The van der Waals surface area contributed by atoms with Gasteiger partial charge in [0.25, 0.3) is 11.1 Å². The number of nitrogens with one attached hydrogen (secondary N) is 1. The van der Waals surface area contributed by atoms with Gasteiger partial charge in [-0.25, -0.2) is 4.39 Å². The molecule has 4 aromatic rings. The number of thioether (sulfide) groups is 1. The van der Waals surface area contributed by atoms with Gasteiger partial charge in [-0.1, -0.05) is 60.1 Å². The largest absolute Gasteiger partial charge is 0.489 e. The smallest absolute Gasteiger partial charge is 0.294 e. The van der Waals surface area contributed by atoms with Crippen LogP contribution in [0.4, 0.5) is 14.9 Å². The van der Waals surface area contributed by atoms with E-state index < -0.39 is 29.4 Å². The van der Waals surface area contributed by atoms with Crippen LogP contribution >= 0.6 is 23.4 Å². The molecule has 0 atom stereocenters. The molecule has 0 aliphatic carbocycles. The lowest BCUT2D eigenvalue weighted by atomic mass is 10.1. The van der Waals surface area contributed by atoms with Crippen molar-refractivity contribution in [1.29, 1.82) is 0 Å². The molecule has 1 N–H and O–H groups in total. The fourth-order valence-corrected chi connectivity index (χ4v) is 4.88. The van der Waals surface area contributed by atoms with Crippen molar-refractivity contribution >= 4 is 63.0 Å². The third kappa shape index (κ3) is 5.88. The predicted molar refractivity (Wildman–Crippen MR) is 147 cm³/mol. The molecule has 0 spiro atoms. The molecule has 0 unspecified atom stereocenters. The van der Waals surface area contributed by atoms with Crippen molar-refractivity contribution in [2.24, 2.45) is 0 Å². The maximum atomic E-state index is 13.3. The average molecular weight is 547 g/mol. The van der Waals surface area contributed by atoms with Crippen LogP contribution in [-0.2, 0) is 16.2 Å². The minimum absolute atomic E-state index is 0.151. The number of fused-ring (bicyclic) bond motifs is 1. The summed E-state index contributed by atoms with van der Waals surface area (Å²) >= 11 is 6.48. The molecule has 0 saturated carbocycles. The Labute approximate surface area is 227 Å². The molecule has 4 aromatic carbocycles. The topological polar surface area (TPSA) is 75.7 Å². The number of carbonyl (C=O) groups is 3. The van der Waals surface area contributed by atoms with Gasteiger partial charge in [0.05, 0.1) is 9.93 Å². The summed E-state index contributed by atoms with van der Waals surface area (Å²) in [5.74, 6) is -1.13. The zero-order valence-corrected chi connectivity index (χ0v) is 21.4. The molecule has 0 radical (unpaired) electrons. The van der Waals surface area contributed by atoms with E-state index in [2.05, 4.69) is 29.6 Å². The molecule has 1 aliphatic heterocycles. The first-order valence-corrected chi connectivity index (χ1v) is 12.8. The Bertz CT molecular complexity index is 1590. The normalized spacial score (nSPS) is 14.4. The summed E-state index contributed by atoms with van der Waals surface area (Å²) < 4.78 is 19.2. The molecule has 190 valence electrons. The lowest BCUT2D eigenvalue weighted by molar-refractivity contribution is -0.127. The van der Waals surface area contributed by atoms with E-state index in [1.54, 1.807) is 30.3 Å². The van der Waals surface area contributed by atoms with Gasteiger partial charge < -0.3 is 10.1 Å². The van der Waals surface area contributed by atoms with Crippen LogP contribution in [0.1, 0.15) is 11.1 Å². The van der Waals surface area contributed by atoms with Crippen LogP contribution in [0.2, 0.25) is 5.02 Å². The van der Waals surface area contributed by atoms with Crippen LogP contribution in [-0.4, -0.2) is 28.5 Å².